The fourth-order valence-corrected chi connectivity index (χ4v) is 3.37. The van der Waals surface area contributed by atoms with E-state index in [1.54, 1.807) is 42.5 Å². The van der Waals surface area contributed by atoms with Gasteiger partial charge in [-0.2, -0.15) is 0 Å². The van der Waals surface area contributed by atoms with Crippen LogP contribution in [0.1, 0.15) is 16.1 Å². The number of amides is 1. The van der Waals surface area contributed by atoms with Gasteiger partial charge in [-0.3, -0.25) is 9.52 Å². The van der Waals surface area contributed by atoms with Crippen LogP contribution < -0.4 is 10.0 Å². The van der Waals surface area contributed by atoms with Gasteiger partial charge in [0, 0.05) is 16.9 Å². The SMILES string of the molecule is Cc1cccc(NC(=O)c2ccc(S(=O)(=O)Nc3ccccc3)cc2)n1. The van der Waals surface area contributed by atoms with Crippen LogP contribution in [0.15, 0.2) is 77.7 Å². The number of aromatic nitrogens is 1. The molecule has 0 spiro atoms. The predicted molar refractivity (Wildman–Crippen MR) is 101 cm³/mol. The maximum absolute atomic E-state index is 12.4. The van der Waals surface area contributed by atoms with Crippen molar-refractivity contribution in [3.8, 4) is 0 Å². The summed E-state index contributed by atoms with van der Waals surface area (Å²) in [5.74, 6) is 0.0838. The molecule has 7 heteroatoms. The van der Waals surface area contributed by atoms with E-state index in [0.717, 1.165) is 5.69 Å². The molecule has 0 atom stereocenters. The molecule has 1 heterocycles. The molecule has 132 valence electrons. The van der Waals surface area contributed by atoms with Crippen molar-refractivity contribution in [3.63, 3.8) is 0 Å². The molecule has 6 nitrogen and oxygen atoms in total. The summed E-state index contributed by atoms with van der Waals surface area (Å²) in [5.41, 5.74) is 1.60. The van der Waals surface area contributed by atoms with Crippen molar-refractivity contribution in [2.75, 3.05) is 10.0 Å². The number of hydrogen-bond donors (Lipinski definition) is 2. The summed E-state index contributed by atoms with van der Waals surface area (Å²) in [4.78, 5) is 16.5. The van der Waals surface area contributed by atoms with Crippen LogP contribution in [0, 0.1) is 6.92 Å². The summed E-state index contributed by atoms with van der Waals surface area (Å²) in [6.07, 6.45) is 0. The van der Waals surface area contributed by atoms with Gasteiger partial charge in [-0.15, -0.1) is 0 Å². The molecule has 1 aromatic heterocycles. The topological polar surface area (TPSA) is 88.2 Å². The van der Waals surface area contributed by atoms with Crippen LogP contribution in [0.4, 0.5) is 11.5 Å². The van der Waals surface area contributed by atoms with E-state index in [2.05, 4.69) is 15.0 Å². The molecule has 0 saturated carbocycles. The lowest BCUT2D eigenvalue weighted by Crippen LogP contribution is -2.15. The van der Waals surface area contributed by atoms with Crippen LogP contribution in [-0.4, -0.2) is 19.3 Å². The second-order valence-electron chi connectivity index (χ2n) is 5.61. The largest absolute Gasteiger partial charge is 0.307 e. The summed E-state index contributed by atoms with van der Waals surface area (Å²) in [6.45, 7) is 1.83. The zero-order valence-corrected chi connectivity index (χ0v) is 14.8. The minimum atomic E-state index is -3.71. The Morgan fingerprint density at radius 2 is 1.58 bits per heavy atom. The van der Waals surface area contributed by atoms with E-state index in [1.807, 2.05) is 13.0 Å². The minimum absolute atomic E-state index is 0.0755. The molecule has 0 bridgehead atoms. The summed E-state index contributed by atoms with van der Waals surface area (Å²) in [6, 6.07) is 19.6. The van der Waals surface area contributed by atoms with Crippen LogP contribution in [0.5, 0.6) is 0 Å². The summed E-state index contributed by atoms with van der Waals surface area (Å²) in [7, 11) is -3.71. The third-order valence-electron chi connectivity index (χ3n) is 3.58. The molecule has 3 aromatic rings. The average molecular weight is 367 g/mol. The molecule has 1 amide bonds. The Hall–Kier alpha value is -3.19. The van der Waals surface area contributed by atoms with Crippen LogP contribution >= 0.6 is 0 Å². The minimum Gasteiger partial charge on any atom is -0.307 e. The average Bonchev–Trinajstić information content (AvgIpc) is 2.62. The Balaban J connectivity index is 1.74. The molecule has 0 aliphatic carbocycles. The van der Waals surface area contributed by atoms with E-state index in [0.29, 0.717) is 17.1 Å². The zero-order valence-electron chi connectivity index (χ0n) is 14.0. The first-order valence-corrected chi connectivity index (χ1v) is 9.35. The molecule has 0 saturated heterocycles. The maximum Gasteiger partial charge on any atom is 0.261 e. The van der Waals surface area contributed by atoms with Crippen molar-refractivity contribution in [3.05, 3.63) is 84.1 Å². The van der Waals surface area contributed by atoms with Gasteiger partial charge < -0.3 is 5.32 Å². The van der Waals surface area contributed by atoms with Gasteiger partial charge in [0.05, 0.1) is 4.90 Å². The number of pyridine rings is 1. The molecule has 3 rings (SSSR count). The molecular weight excluding hydrogens is 350 g/mol. The van der Waals surface area contributed by atoms with Gasteiger partial charge in [-0.25, -0.2) is 13.4 Å². The fourth-order valence-electron chi connectivity index (χ4n) is 2.31. The van der Waals surface area contributed by atoms with E-state index in [1.165, 1.54) is 24.3 Å². The maximum atomic E-state index is 12.4. The molecular formula is C19H17N3O3S. The number of carbonyl (C=O) groups excluding carboxylic acids is 1. The van der Waals surface area contributed by atoms with Crippen LogP contribution in [-0.2, 0) is 10.0 Å². The predicted octanol–water partition coefficient (Wildman–Crippen LogP) is 3.44. The lowest BCUT2D eigenvalue weighted by Gasteiger charge is -2.09. The van der Waals surface area contributed by atoms with Crippen LogP contribution in [0.25, 0.3) is 0 Å². The van der Waals surface area contributed by atoms with Gasteiger partial charge in [-0.1, -0.05) is 24.3 Å². The third kappa shape index (κ3) is 4.25. The highest BCUT2D eigenvalue weighted by Gasteiger charge is 2.15. The van der Waals surface area contributed by atoms with Gasteiger partial charge in [0.15, 0.2) is 0 Å². The number of aryl methyl sites for hydroxylation is 1. The number of rotatable bonds is 5. The highest BCUT2D eigenvalue weighted by atomic mass is 32.2. The monoisotopic (exact) mass is 367 g/mol. The normalized spacial score (nSPS) is 11.0. The number of para-hydroxylation sites is 1. The van der Waals surface area contributed by atoms with Crippen molar-refractivity contribution < 1.29 is 13.2 Å². The first kappa shape index (κ1) is 17.6. The van der Waals surface area contributed by atoms with Gasteiger partial charge in [0.2, 0.25) is 0 Å². The molecule has 0 fully saturated rings. The number of anilines is 2. The molecule has 26 heavy (non-hydrogen) atoms. The van der Waals surface area contributed by atoms with Crippen molar-refractivity contribution >= 4 is 27.4 Å². The molecule has 2 aromatic carbocycles. The standard InChI is InChI=1S/C19H17N3O3S/c1-14-6-5-9-18(20-14)21-19(23)15-10-12-17(13-11-15)26(24,25)22-16-7-3-2-4-8-16/h2-13,22H,1H3,(H,20,21,23). The van der Waals surface area contributed by atoms with Gasteiger partial charge >= 0.3 is 0 Å². The van der Waals surface area contributed by atoms with E-state index in [-0.39, 0.29) is 10.8 Å². The number of carbonyl (C=O) groups is 1. The summed E-state index contributed by atoms with van der Waals surface area (Å²) < 4.78 is 27.3. The first-order valence-electron chi connectivity index (χ1n) is 7.87. The molecule has 0 aliphatic rings. The van der Waals surface area contributed by atoms with Crippen molar-refractivity contribution in [1.29, 1.82) is 0 Å². The number of hydrogen-bond acceptors (Lipinski definition) is 4. The molecule has 2 N–H and O–H groups in total. The summed E-state index contributed by atoms with van der Waals surface area (Å²) in [5, 5.41) is 2.68. The highest BCUT2D eigenvalue weighted by Crippen LogP contribution is 2.17. The van der Waals surface area contributed by atoms with Gasteiger partial charge in [-0.05, 0) is 55.5 Å². The highest BCUT2D eigenvalue weighted by molar-refractivity contribution is 7.92. The zero-order chi connectivity index (χ0) is 18.6. The van der Waals surface area contributed by atoms with E-state index >= 15 is 0 Å². The quantitative estimate of drug-likeness (QED) is 0.723. The van der Waals surface area contributed by atoms with Gasteiger partial charge in [0.1, 0.15) is 5.82 Å². The lowest BCUT2D eigenvalue weighted by molar-refractivity contribution is 0.102. The lowest BCUT2D eigenvalue weighted by atomic mass is 10.2. The summed E-state index contributed by atoms with van der Waals surface area (Å²) >= 11 is 0. The Labute approximate surface area is 152 Å². The first-order chi connectivity index (χ1) is 12.4. The Kier molecular flexibility index (Phi) is 4.99. The second-order valence-corrected chi connectivity index (χ2v) is 7.30. The number of nitrogens with zero attached hydrogens (tertiary/aromatic N) is 1. The number of nitrogens with one attached hydrogen (secondary N) is 2. The Morgan fingerprint density at radius 3 is 2.23 bits per heavy atom. The van der Waals surface area contributed by atoms with E-state index in [4.69, 9.17) is 0 Å². The Morgan fingerprint density at radius 1 is 0.885 bits per heavy atom. The molecule has 0 unspecified atom stereocenters. The van der Waals surface area contributed by atoms with E-state index < -0.39 is 10.0 Å². The molecule has 0 radical (unpaired) electrons. The van der Waals surface area contributed by atoms with E-state index in [9.17, 15) is 13.2 Å². The number of benzene rings is 2. The third-order valence-corrected chi connectivity index (χ3v) is 4.98. The van der Waals surface area contributed by atoms with Crippen LogP contribution in [0.2, 0.25) is 0 Å². The fraction of sp³-hybridized carbons (Fsp3) is 0.0526. The Bertz CT molecular complexity index is 1020. The van der Waals surface area contributed by atoms with Crippen LogP contribution in [0.3, 0.4) is 0 Å². The van der Waals surface area contributed by atoms with Crippen molar-refractivity contribution in [2.45, 2.75) is 11.8 Å². The number of sulfonamides is 1. The molecule has 0 aliphatic heterocycles. The second kappa shape index (κ2) is 7.37. The smallest absolute Gasteiger partial charge is 0.261 e. The van der Waals surface area contributed by atoms with Crippen molar-refractivity contribution in [2.24, 2.45) is 0 Å². The van der Waals surface area contributed by atoms with Gasteiger partial charge in [0.25, 0.3) is 15.9 Å². The van der Waals surface area contributed by atoms with Crippen molar-refractivity contribution in [1.82, 2.24) is 4.98 Å².